The fourth-order valence-electron chi connectivity index (χ4n) is 3.77. The van der Waals surface area contributed by atoms with Crippen LogP contribution in [0, 0.1) is 12.8 Å². The number of rotatable bonds is 3. The van der Waals surface area contributed by atoms with Gasteiger partial charge < -0.3 is 15.5 Å². The second kappa shape index (κ2) is 6.37. The van der Waals surface area contributed by atoms with Crippen LogP contribution < -0.4 is 10.5 Å². The summed E-state index contributed by atoms with van der Waals surface area (Å²) >= 11 is 0. The van der Waals surface area contributed by atoms with E-state index < -0.39 is 0 Å². The molecule has 4 nitrogen and oxygen atoms in total. The molecule has 132 valence electrons. The maximum atomic E-state index is 12.5. The molecule has 0 spiro atoms. The number of nitrogens with two attached hydrogens (primary N) is 1. The summed E-state index contributed by atoms with van der Waals surface area (Å²) in [7, 11) is 0. The van der Waals surface area contributed by atoms with Crippen LogP contribution in [0.2, 0.25) is 0 Å². The summed E-state index contributed by atoms with van der Waals surface area (Å²) in [6.45, 7) is 4.08. The van der Waals surface area contributed by atoms with E-state index in [9.17, 15) is 4.79 Å². The van der Waals surface area contributed by atoms with Gasteiger partial charge in [0.05, 0.1) is 5.69 Å². The number of H-pyrrole nitrogens is 1. The fraction of sp³-hybridized carbons (Fsp3) is 0.227. The Balaban J connectivity index is 1.85. The van der Waals surface area contributed by atoms with Crippen molar-refractivity contribution in [1.82, 2.24) is 4.98 Å². The number of nitrogens with one attached hydrogen (secondary N) is 1. The highest BCUT2D eigenvalue weighted by molar-refractivity contribution is 6.02. The molecule has 0 radical (unpaired) electrons. The Hall–Kier alpha value is -3.01. The van der Waals surface area contributed by atoms with Crippen LogP contribution in [0.3, 0.4) is 0 Å². The van der Waals surface area contributed by atoms with E-state index in [2.05, 4.69) is 11.9 Å². The first-order chi connectivity index (χ1) is 12.5. The quantitative estimate of drug-likeness (QED) is 0.646. The molecular weight excluding hydrogens is 324 g/mol. The Bertz CT molecular complexity index is 973. The molecule has 1 heterocycles. The van der Waals surface area contributed by atoms with Crippen LogP contribution in [0.25, 0.3) is 11.3 Å². The lowest BCUT2D eigenvalue weighted by Crippen LogP contribution is -2.17. The molecule has 1 atom stereocenters. The summed E-state index contributed by atoms with van der Waals surface area (Å²) in [6, 6.07) is 15.3. The predicted octanol–water partition coefficient (Wildman–Crippen LogP) is 5.13. The Morgan fingerprint density at radius 3 is 2.65 bits per heavy atom. The zero-order valence-electron chi connectivity index (χ0n) is 15.0. The number of hydrogen-bond donors (Lipinski definition) is 2. The van der Waals surface area contributed by atoms with Crippen molar-refractivity contribution in [2.45, 2.75) is 26.7 Å². The molecule has 0 aliphatic heterocycles. The van der Waals surface area contributed by atoms with Gasteiger partial charge in [0.1, 0.15) is 11.5 Å². The average Bonchev–Trinajstić information content (AvgIpc) is 2.94. The average molecular weight is 346 g/mol. The zero-order valence-corrected chi connectivity index (χ0v) is 15.0. The van der Waals surface area contributed by atoms with Gasteiger partial charge in [-0.15, -0.1) is 0 Å². The summed E-state index contributed by atoms with van der Waals surface area (Å²) in [6.07, 6.45) is 1.48. The molecule has 4 rings (SSSR count). The van der Waals surface area contributed by atoms with Crippen molar-refractivity contribution >= 4 is 11.5 Å². The van der Waals surface area contributed by atoms with Crippen LogP contribution in [0.15, 0.2) is 48.5 Å². The minimum absolute atomic E-state index is 0.216. The lowest BCUT2D eigenvalue weighted by Gasteiger charge is -2.20. The monoisotopic (exact) mass is 346 g/mol. The number of nitrogen functional groups attached to an aromatic ring is 1. The fourth-order valence-corrected chi connectivity index (χ4v) is 3.77. The van der Waals surface area contributed by atoms with Gasteiger partial charge in [0.2, 0.25) is 0 Å². The number of Topliss-reactive ketones (excluding diaryl/α,β-unsaturated/α-hetero) is 1. The van der Waals surface area contributed by atoms with E-state index in [4.69, 9.17) is 10.5 Å². The van der Waals surface area contributed by atoms with Crippen molar-refractivity contribution in [2.24, 2.45) is 5.92 Å². The molecule has 1 aliphatic rings. The number of benzene rings is 2. The molecule has 3 N–H and O–H groups in total. The Labute approximate surface area is 153 Å². The second-order valence-corrected chi connectivity index (χ2v) is 7.09. The van der Waals surface area contributed by atoms with Crippen LogP contribution in [-0.4, -0.2) is 10.8 Å². The van der Waals surface area contributed by atoms with E-state index in [0.717, 1.165) is 46.0 Å². The smallest absolute Gasteiger partial charge is 0.165 e. The van der Waals surface area contributed by atoms with Crippen LogP contribution >= 0.6 is 0 Å². The SMILES string of the molecule is Cc1[nH]c(-c2cc(N)ccc2Oc2ccccc2)c2c1C(=O)CC(C)C2. The number of fused-ring (bicyclic) bond motifs is 1. The molecule has 1 aromatic heterocycles. The minimum atomic E-state index is 0.216. The van der Waals surface area contributed by atoms with Gasteiger partial charge in [-0.25, -0.2) is 0 Å². The highest BCUT2D eigenvalue weighted by Crippen LogP contribution is 2.41. The minimum Gasteiger partial charge on any atom is -0.457 e. The van der Waals surface area contributed by atoms with Crippen molar-refractivity contribution in [1.29, 1.82) is 0 Å². The summed E-state index contributed by atoms with van der Waals surface area (Å²) in [5.41, 5.74) is 11.4. The standard InChI is InChI=1S/C22H22N2O2/c1-13-10-18-21(19(25)11-13)14(2)24-22(18)17-12-15(23)8-9-20(17)26-16-6-4-3-5-7-16/h3-9,12-13,24H,10-11,23H2,1-2H3. The first kappa shape index (κ1) is 16.5. The maximum absolute atomic E-state index is 12.5. The molecule has 3 aromatic rings. The molecule has 2 aromatic carbocycles. The van der Waals surface area contributed by atoms with Crippen molar-refractivity contribution in [3.05, 3.63) is 65.4 Å². The number of aryl methyl sites for hydroxylation is 1. The second-order valence-electron chi connectivity index (χ2n) is 7.09. The van der Waals surface area contributed by atoms with Crippen molar-refractivity contribution in [3.63, 3.8) is 0 Å². The summed E-state index contributed by atoms with van der Waals surface area (Å²) in [4.78, 5) is 15.9. The van der Waals surface area contributed by atoms with Crippen molar-refractivity contribution in [2.75, 3.05) is 5.73 Å². The highest BCUT2D eigenvalue weighted by atomic mass is 16.5. The topological polar surface area (TPSA) is 68.1 Å². The largest absolute Gasteiger partial charge is 0.457 e. The lowest BCUT2D eigenvalue weighted by molar-refractivity contribution is 0.0953. The van der Waals surface area contributed by atoms with E-state index in [1.807, 2.05) is 55.5 Å². The Kier molecular flexibility index (Phi) is 4.03. The Morgan fingerprint density at radius 2 is 1.88 bits per heavy atom. The maximum Gasteiger partial charge on any atom is 0.165 e. The molecule has 0 amide bonds. The molecular formula is C22H22N2O2. The number of ether oxygens (including phenoxy) is 1. The third kappa shape index (κ3) is 2.88. The molecule has 0 saturated heterocycles. The summed E-state index contributed by atoms with van der Waals surface area (Å²) in [5.74, 6) is 2.04. The van der Waals surface area contributed by atoms with Gasteiger partial charge in [0.15, 0.2) is 5.78 Å². The molecule has 1 unspecified atom stereocenters. The molecule has 4 heteroatoms. The van der Waals surface area contributed by atoms with Gasteiger partial charge in [-0.2, -0.15) is 0 Å². The van der Waals surface area contributed by atoms with Gasteiger partial charge in [-0.1, -0.05) is 25.1 Å². The van der Waals surface area contributed by atoms with Gasteiger partial charge >= 0.3 is 0 Å². The molecule has 0 saturated carbocycles. The summed E-state index contributed by atoms with van der Waals surface area (Å²) < 4.78 is 6.11. The number of para-hydroxylation sites is 1. The van der Waals surface area contributed by atoms with Crippen LogP contribution in [0.5, 0.6) is 11.5 Å². The number of anilines is 1. The van der Waals surface area contributed by atoms with Gasteiger partial charge in [0, 0.05) is 28.9 Å². The third-order valence-electron chi connectivity index (χ3n) is 4.90. The number of ketones is 1. The van der Waals surface area contributed by atoms with Gasteiger partial charge in [0.25, 0.3) is 0 Å². The zero-order chi connectivity index (χ0) is 18.3. The van der Waals surface area contributed by atoms with Gasteiger partial charge in [-0.05, 0) is 55.2 Å². The Morgan fingerprint density at radius 1 is 1.12 bits per heavy atom. The number of carbonyl (C=O) groups excluding carboxylic acids is 1. The molecule has 1 aliphatic carbocycles. The number of carbonyl (C=O) groups is 1. The van der Waals surface area contributed by atoms with Crippen LogP contribution in [-0.2, 0) is 6.42 Å². The van der Waals surface area contributed by atoms with Crippen LogP contribution in [0.1, 0.15) is 35.0 Å². The van der Waals surface area contributed by atoms with E-state index in [-0.39, 0.29) is 5.78 Å². The molecule has 0 bridgehead atoms. The first-order valence-corrected chi connectivity index (χ1v) is 8.90. The number of aromatic nitrogens is 1. The highest BCUT2D eigenvalue weighted by Gasteiger charge is 2.29. The van der Waals surface area contributed by atoms with E-state index in [1.54, 1.807) is 0 Å². The summed E-state index contributed by atoms with van der Waals surface area (Å²) in [5, 5.41) is 0. The van der Waals surface area contributed by atoms with E-state index in [1.165, 1.54) is 0 Å². The van der Waals surface area contributed by atoms with E-state index >= 15 is 0 Å². The number of aromatic amines is 1. The number of hydrogen-bond acceptors (Lipinski definition) is 3. The van der Waals surface area contributed by atoms with Crippen molar-refractivity contribution in [3.8, 4) is 22.8 Å². The molecule has 26 heavy (non-hydrogen) atoms. The lowest BCUT2D eigenvalue weighted by atomic mass is 9.83. The molecule has 0 fully saturated rings. The van der Waals surface area contributed by atoms with Gasteiger partial charge in [-0.3, -0.25) is 4.79 Å². The third-order valence-corrected chi connectivity index (χ3v) is 4.90. The van der Waals surface area contributed by atoms with Crippen LogP contribution in [0.4, 0.5) is 5.69 Å². The van der Waals surface area contributed by atoms with E-state index in [0.29, 0.717) is 18.0 Å². The predicted molar refractivity (Wildman–Crippen MR) is 104 cm³/mol. The first-order valence-electron chi connectivity index (χ1n) is 8.90. The normalized spacial score (nSPS) is 16.4. The van der Waals surface area contributed by atoms with Crippen molar-refractivity contribution < 1.29 is 9.53 Å².